The molecular formula is C15H26N2O. The van der Waals surface area contributed by atoms with Crippen molar-refractivity contribution < 1.29 is 4.74 Å². The molecule has 0 saturated heterocycles. The molecule has 0 aliphatic rings. The van der Waals surface area contributed by atoms with Crippen molar-refractivity contribution in [1.82, 2.24) is 5.32 Å². The summed E-state index contributed by atoms with van der Waals surface area (Å²) >= 11 is 0. The number of benzene rings is 1. The first kappa shape index (κ1) is 15.0. The number of ether oxygens (including phenoxy) is 1. The monoisotopic (exact) mass is 250 g/mol. The van der Waals surface area contributed by atoms with Gasteiger partial charge in [-0.2, -0.15) is 0 Å². The molecule has 0 atom stereocenters. The van der Waals surface area contributed by atoms with Gasteiger partial charge in [0.05, 0.1) is 6.61 Å². The lowest BCUT2D eigenvalue weighted by atomic mass is 10.1. The molecule has 102 valence electrons. The number of methoxy groups -OCH3 is 1. The summed E-state index contributed by atoms with van der Waals surface area (Å²) in [6.45, 7) is 10.2. The van der Waals surface area contributed by atoms with Crippen LogP contribution in [0.2, 0.25) is 0 Å². The Balaban J connectivity index is 2.67. The molecule has 0 aliphatic carbocycles. The Kier molecular flexibility index (Phi) is 6.76. The summed E-state index contributed by atoms with van der Waals surface area (Å²) in [5.74, 6) is 0. The fraction of sp³-hybridized carbons (Fsp3) is 0.600. The van der Waals surface area contributed by atoms with Crippen LogP contribution in [0.15, 0.2) is 24.3 Å². The third-order valence-corrected chi connectivity index (χ3v) is 3.01. The van der Waals surface area contributed by atoms with Crippen LogP contribution in [-0.2, 0) is 11.3 Å². The third kappa shape index (κ3) is 4.67. The van der Waals surface area contributed by atoms with Gasteiger partial charge in [0.2, 0.25) is 0 Å². The number of hydrogen-bond acceptors (Lipinski definition) is 3. The van der Waals surface area contributed by atoms with Crippen LogP contribution in [0.25, 0.3) is 0 Å². The van der Waals surface area contributed by atoms with E-state index < -0.39 is 0 Å². The highest BCUT2D eigenvalue weighted by molar-refractivity contribution is 5.48. The van der Waals surface area contributed by atoms with Crippen molar-refractivity contribution in [3.63, 3.8) is 0 Å². The maximum absolute atomic E-state index is 5.17. The first-order valence-corrected chi connectivity index (χ1v) is 6.74. The average molecular weight is 250 g/mol. The highest BCUT2D eigenvalue weighted by Crippen LogP contribution is 2.17. The maximum atomic E-state index is 5.17. The molecule has 0 unspecified atom stereocenters. The van der Waals surface area contributed by atoms with Crippen molar-refractivity contribution in [3.8, 4) is 0 Å². The van der Waals surface area contributed by atoms with Crippen LogP contribution in [0.4, 0.5) is 5.69 Å². The van der Waals surface area contributed by atoms with Crippen LogP contribution in [0.3, 0.4) is 0 Å². The zero-order valence-electron chi connectivity index (χ0n) is 12.1. The standard InChI is InChI=1S/C15H26N2O/c1-5-16-12-14-6-8-15(9-7-14)17(13(2)3)10-11-18-4/h6-9,13,16H,5,10-12H2,1-4H3. The van der Waals surface area contributed by atoms with Crippen LogP contribution in [0.5, 0.6) is 0 Å². The molecule has 0 aromatic heterocycles. The van der Waals surface area contributed by atoms with E-state index in [0.29, 0.717) is 6.04 Å². The third-order valence-electron chi connectivity index (χ3n) is 3.01. The second-order valence-electron chi connectivity index (χ2n) is 4.73. The Hall–Kier alpha value is -1.06. The maximum Gasteiger partial charge on any atom is 0.0637 e. The topological polar surface area (TPSA) is 24.5 Å². The van der Waals surface area contributed by atoms with E-state index in [2.05, 4.69) is 55.3 Å². The van der Waals surface area contributed by atoms with E-state index in [1.54, 1.807) is 7.11 Å². The molecule has 0 bridgehead atoms. The molecular weight excluding hydrogens is 224 g/mol. The normalized spacial score (nSPS) is 10.9. The fourth-order valence-corrected chi connectivity index (χ4v) is 1.95. The van der Waals surface area contributed by atoms with Gasteiger partial charge in [-0.05, 0) is 38.1 Å². The van der Waals surface area contributed by atoms with Crippen molar-refractivity contribution in [2.24, 2.45) is 0 Å². The van der Waals surface area contributed by atoms with Gasteiger partial charge in [-0.3, -0.25) is 0 Å². The Morgan fingerprint density at radius 1 is 1.22 bits per heavy atom. The van der Waals surface area contributed by atoms with E-state index in [-0.39, 0.29) is 0 Å². The van der Waals surface area contributed by atoms with Gasteiger partial charge in [0.15, 0.2) is 0 Å². The number of hydrogen-bond donors (Lipinski definition) is 1. The summed E-state index contributed by atoms with van der Waals surface area (Å²) in [5.41, 5.74) is 2.60. The molecule has 3 nitrogen and oxygen atoms in total. The Morgan fingerprint density at radius 3 is 2.39 bits per heavy atom. The predicted octanol–water partition coefficient (Wildman–Crippen LogP) is 2.66. The van der Waals surface area contributed by atoms with Gasteiger partial charge in [-0.15, -0.1) is 0 Å². The van der Waals surface area contributed by atoms with Gasteiger partial charge in [0, 0.05) is 31.9 Å². The lowest BCUT2D eigenvalue weighted by molar-refractivity contribution is 0.204. The summed E-state index contributed by atoms with van der Waals surface area (Å²) in [6, 6.07) is 9.27. The van der Waals surface area contributed by atoms with Gasteiger partial charge in [-0.25, -0.2) is 0 Å². The smallest absolute Gasteiger partial charge is 0.0637 e. The van der Waals surface area contributed by atoms with E-state index in [1.807, 2.05) is 0 Å². The molecule has 0 radical (unpaired) electrons. The zero-order valence-corrected chi connectivity index (χ0v) is 12.1. The van der Waals surface area contributed by atoms with E-state index in [1.165, 1.54) is 11.3 Å². The molecule has 0 aliphatic heterocycles. The molecule has 0 spiro atoms. The summed E-state index contributed by atoms with van der Waals surface area (Å²) in [6.07, 6.45) is 0. The highest BCUT2D eigenvalue weighted by Gasteiger charge is 2.09. The number of nitrogens with zero attached hydrogens (tertiary/aromatic N) is 1. The van der Waals surface area contributed by atoms with Gasteiger partial charge in [0.1, 0.15) is 0 Å². The number of anilines is 1. The van der Waals surface area contributed by atoms with Crippen LogP contribution < -0.4 is 10.2 Å². The van der Waals surface area contributed by atoms with E-state index in [4.69, 9.17) is 4.74 Å². The minimum absolute atomic E-state index is 0.486. The van der Waals surface area contributed by atoms with Gasteiger partial charge in [-0.1, -0.05) is 19.1 Å². The molecule has 1 N–H and O–H groups in total. The quantitative estimate of drug-likeness (QED) is 0.767. The molecule has 0 fully saturated rings. The lowest BCUT2D eigenvalue weighted by Gasteiger charge is -2.29. The largest absolute Gasteiger partial charge is 0.383 e. The molecule has 0 saturated carbocycles. The summed E-state index contributed by atoms with van der Waals surface area (Å²) < 4.78 is 5.17. The summed E-state index contributed by atoms with van der Waals surface area (Å²) in [4.78, 5) is 2.36. The first-order chi connectivity index (χ1) is 8.69. The van der Waals surface area contributed by atoms with E-state index >= 15 is 0 Å². The van der Waals surface area contributed by atoms with E-state index in [0.717, 1.165) is 26.2 Å². The Morgan fingerprint density at radius 2 is 1.89 bits per heavy atom. The second-order valence-corrected chi connectivity index (χ2v) is 4.73. The minimum Gasteiger partial charge on any atom is -0.383 e. The molecule has 1 aromatic rings. The molecule has 1 rings (SSSR count). The predicted molar refractivity (Wildman–Crippen MR) is 78.2 cm³/mol. The first-order valence-electron chi connectivity index (χ1n) is 6.74. The van der Waals surface area contributed by atoms with Crippen molar-refractivity contribution in [2.75, 3.05) is 31.7 Å². The Labute approximate surface area is 111 Å². The SMILES string of the molecule is CCNCc1ccc(N(CCOC)C(C)C)cc1. The molecule has 1 aromatic carbocycles. The van der Waals surface area contributed by atoms with Gasteiger partial charge < -0.3 is 15.0 Å². The van der Waals surface area contributed by atoms with E-state index in [9.17, 15) is 0 Å². The summed E-state index contributed by atoms with van der Waals surface area (Å²) in [5, 5.41) is 3.34. The van der Waals surface area contributed by atoms with Crippen LogP contribution in [0, 0.1) is 0 Å². The minimum atomic E-state index is 0.486. The van der Waals surface area contributed by atoms with Crippen LogP contribution in [-0.4, -0.2) is 32.8 Å². The number of nitrogens with one attached hydrogen (secondary N) is 1. The van der Waals surface area contributed by atoms with Gasteiger partial charge in [0.25, 0.3) is 0 Å². The van der Waals surface area contributed by atoms with Crippen LogP contribution in [0.1, 0.15) is 26.3 Å². The number of rotatable bonds is 8. The molecule has 3 heteroatoms. The zero-order chi connectivity index (χ0) is 13.4. The fourth-order valence-electron chi connectivity index (χ4n) is 1.95. The average Bonchev–Trinajstić information content (AvgIpc) is 2.38. The Bertz CT molecular complexity index is 322. The highest BCUT2D eigenvalue weighted by atomic mass is 16.5. The van der Waals surface area contributed by atoms with Crippen molar-refractivity contribution in [2.45, 2.75) is 33.4 Å². The van der Waals surface area contributed by atoms with Crippen LogP contribution >= 0.6 is 0 Å². The molecule has 0 heterocycles. The second kappa shape index (κ2) is 8.11. The van der Waals surface area contributed by atoms with Crippen molar-refractivity contribution >= 4 is 5.69 Å². The van der Waals surface area contributed by atoms with Crippen molar-refractivity contribution in [3.05, 3.63) is 29.8 Å². The summed E-state index contributed by atoms with van der Waals surface area (Å²) in [7, 11) is 1.75. The molecule has 0 amide bonds. The molecule has 18 heavy (non-hydrogen) atoms. The lowest BCUT2D eigenvalue weighted by Crippen LogP contribution is -2.33. The van der Waals surface area contributed by atoms with Gasteiger partial charge >= 0.3 is 0 Å². The van der Waals surface area contributed by atoms with Crippen molar-refractivity contribution in [1.29, 1.82) is 0 Å².